The van der Waals surface area contributed by atoms with Crippen molar-refractivity contribution in [2.24, 2.45) is 0 Å². The number of hydrogen-bond donors (Lipinski definition) is 0. The van der Waals surface area contributed by atoms with Crippen LogP contribution in [0.2, 0.25) is 0 Å². The largest absolute Gasteiger partial charge is 0.496 e. The molecular weight excluding hydrogens is 436 g/mol. The van der Waals surface area contributed by atoms with E-state index in [0.29, 0.717) is 13.2 Å². The van der Waals surface area contributed by atoms with E-state index in [9.17, 15) is 0 Å². The predicted octanol–water partition coefficient (Wildman–Crippen LogP) is 6.37. The first-order valence-electron chi connectivity index (χ1n) is 12.8. The number of ether oxygens (including phenoxy) is 3. The molecule has 1 aliphatic rings. The average Bonchev–Trinajstić information content (AvgIpc) is 2.89. The van der Waals surface area contributed by atoms with Gasteiger partial charge in [-0.05, 0) is 61.6 Å². The van der Waals surface area contributed by atoms with E-state index in [0.717, 1.165) is 73.1 Å². The van der Waals surface area contributed by atoms with Crippen molar-refractivity contribution >= 4 is 0 Å². The van der Waals surface area contributed by atoms with E-state index in [1.54, 1.807) is 7.11 Å². The average molecular weight is 475 g/mol. The van der Waals surface area contributed by atoms with Crippen LogP contribution in [-0.4, -0.2) is 36.8 Å². The second kappa shape index (κ2) is 11.6. The van der Waals surface area contributed by atoms with E-state index in [4.69, 9.17) is 19.2 Å². The molecule has 186 valence electrons. The van der Waals surface area contributed by atoms with Crippen molar-refractivity contribution < 1.29 is 14.2 Å². The second-order valence-electron chi connectivity index (χ2n) is 9.12. The molecule has 0 saturated heterocycles. The molecule has 0 aliphatic carbocycles. The summed E-state index contributed by atoms with van der Waals surface area (Å²) in [6.45, 7) is 12.5. The lowest BCUT2D eigenvalue weighted by Crippen LogP contribution is -2.25. The summed E-state index contributed by atoms with van der Waals surface area (Å²) in [5, 5.41) is 0. The van der Waals surface area contributed by atoms with Gasteiger partial charge in [0.15, 0.2) is 11.5 Å². The van der Waals surface area contributed by atoms with Gasteiger partial charge in [-0.15, -0.1) is 0 Å². The number of methoxy groups -OCH3 is 1. The summed E-state index contributed by atoms with van der Waals surface area (Å²) >= 11 is 0. The molecular formula is C30H38N2O3. The zero-order valence-corrected chi connectivity index (χ0v) is 21.8. The maximum absolute atomic E-state index is 5.94. The van der Waals surface area contributed by atoms with Crippen LogP contribution in [0.4, 0.5) is 0 Å². The Balaban J connectivity index is 1.64. The standard InChI is InChI=1S/C30H38N2O3/c1-6-14-32(19-22-12-13-27-29(17-22)35-16-15-34-27)20-25-21(4)31-26(18-28(25)33-5)30-23(7-2)10-9-11-24(30)8-3/h9-13,17-18H,6-8,14-16,19-20H2,1-5H3. The van der Waals surface area contributed by atoms with Crippen LogP contribution in [0, 0.1) is 6.92 Å². The quantitative estimate of drug-likeness (QED) is 0.341. The zero-order valence-electron chi connectivity index (χ0n) is 21.8. The Labute approximate surface area is 210 Å². The van der Waals surface area contributed by atoms with Crippen molar-refractivity contribution in [2.75, 3.05) is 26.9 Å². The minimum atomic E-state index is 0.602. The molecule has 0 fully saturated rings. The number of aromatic nitrogens is 1. The highest BCUT2D eigenvalue weighted by Gasteiger charge is 2.19. The smallest absolute Gasteiger partial charge is 0.161 e. The molecule has 5 nitrogen and oxygen atoms in total. The molecule has 5 heteroatoms. The van der Waals surface area contributed by atoms with Gasteiger partial charge in [0.2, 0.25) is 0 Å². The molecule has 0 unspecified atom stereocenters. The fraction of sp³-hybridized carbons (Fsp3) is 0.433. The highest BCUT2D eigenvalue weighted by atomic mass is 16.6. The van der Waals surface area contributed by atoms with Crippen LogP contribution in [0.25, 0.3) is 11.3 Å². The highest BCUT2D eigenvalue weighted by Crippen LogP contribution is 2.34. The molecule has 0 N–H and O–H groups in total. The van der Waals surface area contributed by atoms with Crippen LogP contribution >= 0.6 is 0 Å². The molecule has 1 aromatic heterocycles. The second-order valence-corrected chi connectivity index (χ2v) is 9.12. The van der Waals surface area contributed by atoms with Crippen LogP contribution < -0.4 is 14.2 Å². The lowest BCUT2D eigenvalue weighted by molar-refractivity contribution is 0.171. The van der Waals surface area contributed by atoms with E-state index < -0.39 is 0 Å². The SMILES string of the molecule is CCCN(Cc1ccc2c(c1)OCCO2)Cc1c(OC)cc(-c2c(CC)cccc2CC)nc1C. The van der Waals surface area contributed by atoms with Crippen LogP contribution in [0.1, 0.15) is 55.1 Å². The minimum absolute atomic E-state index is 0.602. The molecule has 35 heavy (non-hydrogen) atoms. The Morgan fingerprint density at radius 2 is 1.63 bits per heavy atom. The van der Waals surface area contributed by atoms with E-state index in [-0.39, 0.29) is 0 Å². The molecule has 0 radical (unpaired) electrons. The number of aryl methyl sites for hydroxylation is 3. The maximum Gasteiger partial charge on any atom is 0.161 e. The fourth-order valence-electron chi connectivity index (χ4n) is 4.94. The van der Waals surface area contributed by atoms with Gasteiger partial charge in [-0.25, -0.2) is 0 Å². The summed E-state index contributed by atoms with van der Waals surface area (Å²) in [6, 6.07) is 15.0. The highest BCUT2D eigenvalue weighted by molar-refractivity contribution is 5.70. The van der Waals surface area contributed by atoms with Crippen LogP contribution in [0.5, 0.6) is 17.2 Å². The van der Waals surface area contributed by atoms with Gasteiger partial charge in [0.05, 0.1) is 12.8 Å². The van der Waals surface area contributed by atoms with Crippen molar-refractivity contribution in [2.45, 2.75) is 60.0 Å². The van der Waals surface area contributed by atoms with Crippen LogP contribution in [-0.2, 0) is 25.9 Å². The summed E-state index contributed by atoms with van der Waals surface area (Å²) in [4.78, 5) is 7.56. The Bertz CT molecular complexity index is 1140. The molecule has 0 saturated carbocycles. The third-order valence-electron chi connectivity index (χ3n) is 6.70. The van der Waals surface area contributed by atoms with E-state index >= 15 is 0 Å². The molecule has 0 spiro atoms. The summed E-state index contributed by atoms with van der Waals surface area (Å²) in [6.07, 6.45) is 3.03. The van der Waals surface area contributed by atoms with Crippen molar-refractivity contribution in [3.05, 3.63) is 70.4 Å². The number of rotatable bonds is 10. The summed E-state index contributed by atoms with van der Waals surface area (Å²) in [5.74, 6) is 2.58. The van der Waals surface area contributed by atoms with Crippen molar-refractivity contribution in [3.63, 3.8) is 0 Å². The fourth-order valence-corrected chi connectivity index (χ4v) is 4.94. The third kappa shape index (κ3) is 5.62. The number of benzene rings is 2. The van der Waals surface area contributed by atoms with Crippen molar-refractivity contribution in [1.29, 1.82) is 0 Å². The number of nitrogens with zero attached hydrogens (tertiary/aromatic N) is 2. The Morgan fingerprint density at radius 1 is 0.914 bits per heavy atom. The van der Waals surface area contributed by atoms with Crippen LogP contribution in [0.15, 0.2) is 42.5 Å². The van der Waals surface area contributed by atoms with Gasteiger partial charge < -0.3 is 14.2 Å². The topological polar surface area (TPSA) is 43.8 Å². The summed E-state index contributed by atoms with van der Waals surface area (Å²) in [7, 11) is 1.76. The van der Waals surface area contributed by atoms with Gasteiger partial charge in [-0.1, -0.05) is 45.0 Å². The van der Waals surface area contributed by atoms with Gasteiger partial charge in [0.1, 0.15) is 19.0 Å². The molecule has 0 bridgehead atoms. The Hall–Kier alpha value is -3.05. The number of fused-ring (bicyclic) bond motifs is 1. The first-order chi connectivity index (χ1) is 17.1. The maximum atomic E-state index is 5.94. The van der Waals surface area contributed by atoms with Crippen molar-refractivity contribution in [1.82, 2.24) is 9.88 Å². The molecule has 1 aliphatic heterocycles. The molecule has 3 aromatic rings. The number of pyridine rings is 1. The van der Waals surface area contributed by atoms with E-state index in [2.05, 4.69) is 69.0 Å². The Kier molecular flexibility index (Phi) is 8.29. The molecule has 0 amide bonds. The first kappa shape index (κ1) is 25.1. The molecule has 4 rings (SSSR count). The van der Waals surface area contributed by atoms with Gasteiger partial charge in [0.25, 0.3) is 0 Å². The monoisotopic (exact) mass is 474 g/mol. The minimum Gasteiger partial charge on any atom is -0.496 e. The summed E-state index contributed by atoms with van der Waals surface area (Å²) in [5.41, 5.74) is 8.31. The third-order valence-corrected chi connectivity index (χ3v) is 6.70. The lowest BCUT2D eigenvalue weighted by Gasteiger charge is -2.25. The zero-order chi connectivity index (χ0) is 24.8. The van der Waals surface area contributed by atoms with Gasteiger partial charge in [-0.2, -0.15) is 0 Å². The predicted molar refractivity (Wildman–Crippen MR) is 142 cm³/mol. The summed E-state index contributed by atoms with van der Waals surface area (Å²) < 4.78 is 17.4. The Morgan fingerprint density at radius 3 is 2.29 bits per heavy atom. The molecule has 0 atom stereocenters. The van der Waals surface area contributed by atoms with Crippen LogP contribution in [0.3, 0.4) is 0 Å². The first-order valence-corrected chi connectivity index (χ1v) is 12.8. The van der Waals surface area contributed by atoms with Gasteiger partial charge in [-0.3, -0.25) is 9.88 Å². The van der Waals surface area contributed by atoms with Crippen molar-refractivity contribution in [3.8, 4) is 28.5 Å². The molecule has 2 aromatic carbocycles. The van der Waals surface area contributed by atoms with E-state index in [1.807, 2.05) is 6.07 Å². The van der Waals surface area contributed by atoms with Gasteiger partial charge in [0, 0.05) is 36.0 Å². The normalized spacial score (nSPS) is 12.7. The molecule has 2 heterocycles. The lowest BCUT2D eigenvalue weighted by atomic mass is 9.94. The van der Waals surface area contributed by atoms with Gasteiger partial charge >= 0.3 is 0 Å². The number of hydrogen-bond acceptors (Lipinski definition) is 5. The van der Waals surface area contributed by atoms with E-state index in [1.165, 1.54) is 22.3 Å².